The summed E-state index contributed by atoms with van der Waals surface area (Å²) in [5.41, 5.74) is 0.966. The summed E-state index contributed by atoms with van der Waals surface area (Å²) in [5, 5.41) is 1.10. The first-order valence-corrected chi connectivity index (χ1v) is 10.7. The Bertz CT molecular complexity index is 667. The van der Waals surface area contributed by atoms with E-state index in [0.29, 0.717) is 22.7 Å². The molecule has 2 aliphatic heterocycles. The summed E-state index contributed by atoms with van der Waals surface area (Å²) < 4.78 is 1.71. The molecule has 132 valence electrons. The number of hydrogen-bond donors (Lipinski definition) is 0. The largest absolute Gasteiger partial charge is 0.342 e. The Hall–Kier alpha value is -0.950. The molecule has 1 aromatic heterocycles. The summed E-state index contributed by atoms with van der Waals surface area (Å²) in [4.78, 5) is 32.6. The maximum absolute atomic E-state index is 12.6. The molecule has 1 amide bonds. The van der Waals surface area contributed by atoms with Crippen molar-refractivity contribution in [1.82, 2.24) is 14.5 Å². The lowest BCUT2D eigenvalue weighted by atomic mass is 10.2. The molecule has 24 heavy (non-hydrogen) atoms. The SMILES string of the molecule is CCn1c(SCC(=O)N2CCCCCC2)nc2c(c1=O)S[C@@H](C)C2. The second-order valence-corrected chi connectivity index (χ2v) is 8.83. The van der Waals surface area contributed by atoms with Gasteiger partial charge in [-0.15, -0.1) is 11.8 Å². The van der Waals surface area contributed by atoms with Crippen LogP contribution < -0.4 is 5.56 Å². The van der Waals surface area contributed by atoms with Crippen LogP contribution in [0.5, 0.6) is 0 Å². The van der Waals surface area contributed by atoms with Gasteiger partial charge in [-0.25, -0.2) is 4.98 Å². The van der Waals surface area contributed by atoms with E-state index < -0.39 is 0 Å². The molecule has 0 saturated carbocycles. The van der Waals surface area contributed by atoms with Gasteiger partial charge in [0.2, 0.25) is 5.91 Å². The first-order chi connectivity index (χ1) is 11.6. The molecule has 1 fully saturated rings. The highest BCUT2D eigenvalue weighted by Gasteiger charge is 2.26. The molecule has 0 N–H and O–H groups in total. The van der Waals surface area contributed by atoms with Crippen LogP contribution in [-0.4, -0.2) is 44.5 Å². The highest BCUT2D eigenvalue weighted by molar-refractivity contribution is 8.00. The van der Waals surface area contributed by atoms with Crippen molar-refractivity contribution < 1.29 is 4.79 Å². The van der Waals surface area contributed by atoms with E-state index in [4.69, 9.17) is 4.98 Å². The van der Waals surface area contributed by atoms with Crippen LogP contribution in [0.4, 0.5) is 0 Å². The minimum Gasteiger partial charge on any atom is -0.342 e. The maximum Gasteiger partial charge on any atom is 0.268 e. The lowest BCUT2D eigenvalue weighted by molar-refractivity contribution is -0.128. The Labute approximate surface area is 151 Å². The zero-order valence-electron chi connectivity index (χ0n) is 14.4. The van der Waals surface area contributed by atoms with Crippen LogP contribution in [0.1, 0.15) is 45.2 Å². The molecule has 5 nitrogen and oxygen atoms in total. The third-order valence-corrected chi connectivity index (χ3v) is 6.74. The van der Waals surface area contributed by atoms with Crippen molar-refractivity contribution in [3.05, 3.63) is 16.0 Å². The van der Waals surface area contributed by atoms with Gasteiger partial charge < -0.3 is 4.90 Å². The number of aromatic nitrogens is 2. The van der Waals surface area contributed by atoms with Gasteiger partial charge in [0.1, 0.15) is 0 Å². The van der Waals surface area contributed by atoms with Crippen LogP contribution in [-0.2, 0) is 17.8 Å². The quantitative estimate of drug-likeness (QED) is 0.605. The molecule has 3 heterocycles. The number of amides is 1. The van der Waals surface area contributed by atoms with Crippen molar-refractivity contribution in [2.45, 2.75) is 67.8 Å². The summed E-state index contributed by atoms with van der Waals surface area (Å²) in [7, 11) is 0. The Morgan fingerprint density at radius 3 is 2.67 bits per heavy atom. The molecule has 0 unspecified atom stereocenters. The second-order valence-electron chi connectivity index (χ2n) is 6.44. The lowest BCUT2D eigenvalue weighted by Gasteiger charge is -2.20. The number of thioether (sulfide) groups is 2. The van der Waals surface area contributed by atoms with Crippen molar-refractivity contribution in [2.75, 3.05) is 18.8 Å². The minimum atomic E-state index is 0.0570. The molecule has 3 rings (SSSR count). The fourth-order valence-corrected chi connectivity index (χ4v) is 5.36. The van der Waals surface area contributed by atoms with E-state index in [2.05, 4.69) is 6.92 Å². The van der Waals surface area contributed by atoms with Crippen LogP contribution in [0.15, 0.2) is 14.8 Å². The predicted octanol–water partition coefficient (Wildman–Crippen LogP) is 2.79. The summed E-state index contributed by atoms with van der Waals surface area (Å²) in [6, 6.07) is 0. The molecule has 2 aliphatic rings. The maximum atomic E-state index is 12.6. The third-order valence-electron chi connectivity index (χ3n) is 4.56. The van der Waals surface area contributed by atoms with E-state index in [1.165, 1.54) is 24.6 Å². The first kappa shape index (κ1) is 17.9. The van der Waals surface area contributed by atoms with Crippen molar-refractivity contribution in [1.29, 1.82) is 0 Å². The van der Waals surface area contributed by atoms with E-state index >= 15 is 0 Å². The minimum absolute atomic E-state index is 0.0570. The molecule has 1 aromatic rings. The fourth-order valence-electron chi connectivity index (χ4n) is 3.26. The number of hydrogen-bond acceptors (Lipinski definition) is 5. The lowest BCUT2D eigenvalue weighted by Crippen LogP contribution is -2.33. The van der Waals surface area contributed by atoms with Gasteiger partial charge in [0, 0.05) is 31.3 Å². The Balaban J connectivity index is 1.73. The Morgan fingerprint density at radius 2 is 2.00 bits per heavy atom. The number of carbonyl (C=O) groups is 1. The average Bonchev–Trinajstić information content (AvgIpc) is 2.77. The van der Waals surface area contributed by atoms with Gasteiger partial charge in [0.05, 0.1) is 16.3 Å². The summed E-state index contributed by atoms with van der Waals surface area (Å²) in [6.45, 7) is 6.41. The zero-order valence-corrected chi connectivity index (χ0v) is 16.0. The first-order valence-electron chi connectivity index (χ1n) is 8.81. The number of likely N-dealkylation sites (tertiary alicyclic amines) is 1. The molecule has 1 atom stereocenters. The van der Waals surface area contributed by atoms with Crippen molar-refractivity contribution in [3.63, 3.8) is 0 Å². The van der Waals surface area contributed by atoms with Gasteiger partial charge >= 0.3 is 0 Å². The van der Waals surface area contributed by atoms with E-state index in [9.17, 15) is 9.59 Å². The van der Waals surface area contributed by atoms with Gasteiger partial charge in [-0.1, -0.05) is 31.5 Å². The van der Waals surface area contributed by atoms with Crippen molar-refractivity contribution in [2.24, 2.45) is 0 Å². The van der Waals surface area contributed by atoms with E-state index in [0.717, 1.165) is 42.9 Å². The summed E-state index contributed by atoms with van der Waals surface area (Å²) >= 11 is 3.04. The molecular weight excluding hydrogens is 342 g/mol. The number of fused-ring (bicyclic) bond motifs is 1. The average molecular weight is 368 g/mol. The van der Waals surface area contributed by atoms with Gasteiger partial charge in [0.15, 0.2) is 5.16 Å². The van der Waals surface area contributed by atoms with Crippen LogP contribution in [0, 0.1) is 0 Å². The van der Waals surface area contributed by atoms with Crippen LogP contribution >= 0.6 is 23.5 Å². The smallest absolute Gasteiger partial charge is 0.268 e. The molecule has 7 heteroatoms. The second kappa shape index (κ2) is 7.95. The summed E-state index contributed by atoms with van der Waals surface area (Å²) in [5.74, 6) is 0.538. The number of nitrogens with zero attached hydrogens (tertiary/aromatic N) is 3. The molecule has 0 aromatic carbocycles. The number of rotatable bonds is 4. The van der Waals surface area contributed by atoms with Gasteiger partial charge in [0.25, 0.3) is 5.56 Å². The van der Waals surface area contributed by atoms with E-state index in [1.54, 1.807) is 16.3 Å². The third kappa shape index (κ3) is 3.82. The van der Waals surface area contributed by atoms with Crippen LogP contribution in [0.2, 0.25) is 0 Å². The van der Waals surface area contributed by atoms with Gasteiger partial charge in [-0.2, -0.15) is 0 Å². The normalized spacial score (nSPS) is 20.8. The molecule has 0 spiro atoms. The standard InChI is InChI=1S/C17H25N3O2S2/c1-3-20-16(22)15-13(10-12(2)24-15)18-17(20)23-11-14(21)19-8-6-4-5-7-9-19/h12H,3-11H2,1-2H3/t12-/m0/s1. The molecule has 0 bridgehead atoms. The van der Waals surface area contributed by atoms with Crippen molar-refractivity contribution in [3.8, 4) is 0 Å². The molecular formula is C17H25N3O2S2. The van der Waals surface area contributed by atoms with Gasteiger partial charge in [-0.05, 0) is 19.8 Å². The highest BCUT2D eigenvalue weighted by atomic mass is 32.2. The van der Waals surface area contributed by atoms with E-state index in [-0.39, 0.29) is 11.5 Å². The number of carbonyl (C=O) groups excluding carboxylic acids is 1. The molecule has 0 aliphatic carbocycles. The van der Waals surface area contributed by atoms with Gasteiger partial charge in [-0.3, -0.25) is 14.2 Å². The van der Waals surface area contributed by atoms with Crippen LogP contribution in [0.3, 0.4) is 0 Å². The molecule has 0 radical (unpaired) electrons. The predicted molar refractivity (Wildman–Crippen MR) is 99.0 cm³/mol. The zero-order chi connectivity index (χ0) is 17.1. The Morgan fingerprint density at radius 1 is 1.29 bits per heavy atom. The molecule has 1 saturated heterocycles. The topological polar surface area (TPSA) is 55.2 Å². The van der Waals surface area contributed by atoms with Crippen molar-refractivity contribution >= 4 is 29.4 Å². The van der Waals surface area contributed by atoms with E-state index in [1.807, 2.05) is 11.8 Å². The fraction of sp³-hybridized carbons (Fsp3) is 0.706. The Kier molecular flexibility index (Phi) is 5.92. The monoisotopic (exact) mass is 367 g/mol. The van der Waals surface area contributed by atoms with Crippen LogP contribution in [0.25, 0.3) is 0 Å². The highest BCUT2D eigenvalue weighted by Crippen LogP contribution is 2.34. The summed E-state index contributed by atoms with van der Waals surface area (Å²) in [6.07, 6.45) is 5.47.